The normalized spacial score (nSPS) is 10.9. The van der Waals surface area contributed by atoms with E-state index in [-0.39, 0.29) is 0 Å². The second-order valence-corrected chi connectivity index (χ2v) is 7.20. The fourth-order valence-corrected chi connectivity index (χ4v) is 3.44. The summed E-state index contributed by atoms with van der Waals surface area (Å²) in [6.07, 6.45) is 0. The van der Waals surface area contributed by atoms with Gasteiger partial charge in [-0.25, -0.2) is 9.59 Å². The highest BCUT2D eigenvalue weighted by atomic mass is 35.5. The van der Waals surface area contributed by atoms with Crippen molar-refractivity contribution in [3.05, 3.63) is 98.9 Å². The maximum Gasteiger partial charge on any atom is 0.344 e. The predicted octanol–water partition coefficient (Wildman–Crippen LogP) is 5.95. The number of esters is 1. The summed E-state index contributed by atoms with van der Waals surface area (Å²) in [5.74, 6) is -0.146. The number of carbonyl (C=O) groups is 1. The lowest BCUT2D eigenvalue weighted by atomic mass is 9.99. The molecule has 29 heavy (non-hydrogen) atoms. The van der Waals surface area contributed by atoms with Gasteiger partial charge in [0.15, 0.2) is 0 Å². The van der Waals surface area contributed by atoms with E-state index in [0.29, 0.717) is 27.5 Å². The first-order chi connectivity index (χ1) is 13.9. The molecule has 0 unspecified atom stereocenters. The van der Waals surface area contributed by atoms with Crippen molar-refractivity contribution < 1.29 is 13.9 Å². The van der Waals surface area contributed by atoms with Crippen molar-refractivity contribution >= 4 is 28.5 Å². The third kappa shape index (κ3) is 3.67. The first-order valence-electron chi connectivity index (χ1n) is 9.05. The number of fused-ring (bicyclic) bond motifs is 1. The first kappa shape index (κ1) is 19.0. The molecule has 0 radical (unpaired) electrons. The highest BCUT2D eigenvalue weighted by Crippen LogP contribution is 2.30. The van der Waals surface area contributed by atoms with Gasteiger partial charge in [0.1, 0.15) is 11.3 Å². The summed E-state index contributed by atoms with van der Waals surface area (Å²) in [5.41, 5.74) is 3.23. The molecule has 5 heteroatoms. The number of carbonyl (C=O) groups excluding carboxylic acids is 1. The van der Waals surface area contributed by atoms with Crippen molar-refractivity contribution in [3.63, 3.8) is 0 Å². The molecule has 4 aromatic rings. The Bertz CT molecular complexity index is 1290. The minimum atomic E-state index is -0.459. The molecule has 3 aromatic carbocycles. The van der Waals surface area contributed by atoms with E-state index < -0.39 is 11.6 Å². The number of hydrogen-bond acceptors (Lipinski definition) is 4. The summed E-state index contributed by atoms with van der Waals surface area (Å²) in [6.45, 7) is 3.71. The Hall–Kier alpha value is -3.37. The van der Waals surface area contributed by atoms with Gasteiger partial charge < -0.3 is 9.15 Å². The largest absolute Gasteiger partial charge is 0.423 e. The van der Waals surface area contributed by atoms with Gasteiger partial charge in [-0.1, -0.05) is 41.9 Å². The van der Waals surface area contributed by atoms with E-state index in [4.69, 9.17) is 20.8 Å². The van der Waals surface area contributed by atoms with E-state index in [1.807, 2.05) is 26.0 Å². The Morgan fingerprint density at radius 3 is 2.41 bits per heavy atom. The quantitative estimate of drug-likeness (QED) is 0.240. The molecule has 0 bridgehead atoms. The molecule has 0 aliphatic heterocycles. The summed E-state index contributed by atoms with van der Waals surface area (Å²) >= 11 is 5.94. The molecule has 0 amide bonds. The van der Waals surface area contributed by atoms with Crippen molar-refractivity contribution in [1.29, 1.82) is 0 Å². The Labute approximate surface area is 172 Å². The van der Waals surface area contributed by atoms with Crippen molar-refractivity contribution in [2.24, 2.45) is 0 Å². The average molecular weight is 405 g/mol. The highest BCUT2D eigenvalue weighted by Gasteiger charge is 2.16. The maximum absolute atomic E-state index is 12.6. The highest BCUT2D eigenvalue weighted by molar-refractivity contribution is 6.30. The van der Waals surface area contributed by atoms with Gasteiger partial charge in [0.05, 0.1) is 11.1 Å². The first-order valence-corrected chi connectivity index (χ1v) is 9.43. The Morgan fingerprint density at radius 1 is 0.966 bits per heavy atom. The van der Waals surface area contributed by atoms with Gasteiger partial charge in [0, 0.05) is 16.5 Å². The van der Waals surface area contributed by atoms with E-state index in [2.05, 4.69) is 0 Å². The van der Waals surface area contributed by atoms with Crippen LogP contribution >= 0.6 is 11.6 Å². The molecule has 144 valence electrons. The second-order valence-electron chi connectivity index (χ2n) is 6.76. The summed E-state index contributed by atoms with van der Waals surface area (Å²) in [6, 6.07) is 19.3. The fourth-order valence-electron chi connectivity index (χ4n) is 3.31. The van der Waals surface area contributed by atoms with E-state index in [0.717, 1.165) is 22.1 Å². The van der Waals surface area contributed by atoms with E-state index in [1.165, 1.54) is 0 Å². The van der Waals surface area contributed by atoms with Crippen LogP contribution in [0.25, 0.3) is 22.1 Å². The van der Waals surface area contributed by atoms with Gasteiger partial charge in [-0.15, -0.1) is 0 Å². The molecule has 0 atom stereocenters. The number of halogens is 1. The van der Waals surface area contributed by atoms with Crippen LogP contribution < -0.4 is 10.4 Å². The molecular formula is C24H17ClO4. The molecule has 1 aromatic heterocycles. The van der Waals surface area contributed by atoms with Crippen LogP contribution in [0.2, 0.25) is 5.02 Å². The molecular weight excluding hydrogens is 388 g/mol. The van der Waals surface area contributed by atoms with Crippen LogP contribution in [0.1, 0.15) is 21.5 Å². The number of benzene rings is 3. The Morgan fingerprint density at radius 2 is 1.69 bits per heavy atom. The zero-order chi connectivity index (χ0) is 20.5. The van der Waals surface area contributed by atoms with Crippen molar-refractivity contribution in [3.8, 4) is 16.9 Å². The van der Waals surface area contributed by atoms with Gasteiger partial charge in [0.2, 0.25) is 0 Å². The van der Waals surface area contributed by atoms with Gasteiger partial charge in [-0.2, -0.15) is 0 Å². The van der Waals surface area contributed by atoms with Crippen LogP contribution in [0.4, 0.5) is 0 Å². The topological polar surface area (TPSA) is 56.5 Å². The zero-order valence-electron chi connectivity index (χ0n) is 15.9. The van der Waals surface area contributed by atoms with Gasteiger partial charge in [0.25, 0.3) is 0 Å². The average Bonchev–Trinajstić information content (AvgIpc) is 2.69. The monoisotopic (exact) mass is 404 g/mol. The van der Waals surface area contributed by atoms with E-state index >= 15 is 0 Å². The lowest BCUT2D eigenvalue weighted by molar-refractivity contribution is 0.0734. The van der Waals surface area contributed by atoms with Gasteiger partial charge >= 0.3 is 11.6 Å². The molecule has 1 heterocycles. The van der Waals surface area contributed by atoms with Crippen LogP contribution in [-0.4, -0.2) is 5.97 Å². The standard InChI is InChI=1S/C24H17ClO4/c1-14-5-3-4-6-19(14)23(26)28-18-11-12-20-15(2)22(24(27)29-21(20)13-18)16-7-9-17(25)10-8-16/h3-13H,1-2H3. The van der Waals surface area contributed by atoms with Crippen LogP contribution in [0.15, 0.2) is 75.9 Å². The molecule has 4 nitrogen and oxygen atoms in total. The van der Waals surface area contributed by atoms with Gasteiger partial charge in [-0.05, 0) is 60.9 Å². The lowest BCUT2D eigenvalue weighted by Crippen LogP contribution is -2.10. The molecule has 0 saturated heterocycles. The molecule has 0 N–H and O–H groups in total. The molecule has 0 spiro atoms. The third-order valence-corrected chi connectivity index (χ3v) is 5.10. The Balaban J connectivity index is 1.73. The molecule has 0 aliphatic carbocycles. The molecule has 4 rings (SSSR count). The van der Waals surface area contributed by atoms with Crippen molar-refractivity contribution in [2.45, 2.75) is 13.8 Å². The molecule has 0 saturated carbocycles. The minimum absolute atomic E-state index is 0.313. The van der Waals surface area contributed by atoms with Crippen LogP contribution in [0.3, 0.4) is 0 Å². The van der Waals surface area contributed by atoms with Crippen molar-refractivity contribution in [2.75, 3.05) is 0 Å². The predicted molar refractivity (Wildman–Crippen MR) is 114 cm³/mol. The number of rotatable bonds is 3. The summed E-state index contributed by atoms with van der Waals surface area (Å²) < 4.78 is 11.0. The maximum atomic E-state index is 12.6. The van der Waals surface area contributed by atoms with E-state index in [1.54, 1.807) is 54.6 Å². The van der Waals surface area contributed by atoms with Crippen LogP contribution in [-0.2, 0) is 0 Å². The number of ether oxygens (including phenoxy) is 1. The van der Waals surface area contributed by atoms with Gasteiger partial charge in [-0.3, -0.25) is 0 Å². The lowest BCUT2D eigenvalue weighted by Gasteiger charge is -2.10. The van der Waals surface area contributed by atoms with Crippen LogP contribution in [0, 0.1) is 13.8 Å². The van der Waals surface area contributed by atoms with Crippen LogP contribution in [0.5, 0.6) is 5.75 Å². The molecule has 0 fully saturated rings. The molecule has 0 aliphatic rings. The SMILES string of the molecule is Cc1ccccc1C(=O)Oc1ccc2c(C)c(-c3ccc(Cl)cc3)c(=O)oc2c1. The minimum Gasteiger partial charge on any atom is -0.423 e. The smallest absolute Gasteiger partial charge is 0.344 e. The summed E-state index contributed by atoms with van der Waals surface area (Å²) in [7, 11) is 0. The fraction of sp³-hybridized carbons (Fsp3) is 0.0833. The number of hydrogen-bond donors (Lipinski definition) is 0. The van der Waals surface area contributed by atoms with Crippen molar-refractivity contribution in [1.82, 2.24) is 0 Å². The number of aryl methyl sites for hydroxylation is 2. The zero-order valence-corrected chi connectivity index (χ0v) is 16.6. The summed E-state index contributed by atoms with van der Waals surface area (Å²) in [4.78, 5) is 25.1. The third-order valence-electron chi connectivity index (χ3n) is 4.85. The van der Waals surface area contributed by atoms with E-state index in [9.17, 15) is 9.59 Å². The second kappa shape index (κ2) is 7.57. The summed E-state index contributed by atoms with van der Waals surface area (Å²) in [5, 5.41) is 1.36. The Kier molecular flexibility index (Phi) is 4.95.